The molecule has 1 aliphatic heterocycles. The van der Waals surface area contributed by atoms with E-state index in [1.807, 2.05) is 36.4 Å². The number of fused-ring (bicyclic) bond motifs is 1. The maximum absolute atomic E-state index is 12.4. The van der Waals surface area contributed by atoms with Gasteiger partial charge in [-0.25, -0.2) is 4.79 Å². The van der Waals surface area contributed by atoms with Gasteiger partial charge in [-0.1, -0.05) is 6.07 Å². The standard InChI is InChI=1S/C22H20N4O3/c23-14-16-4-6-18(7-5-16)25-11-9-24(10-12-25)15-17-13-19(22(28)29)21(27)26-8-2-1-3-20(17)26/h1-8,13H,9-12,15H2,(H,28,29). The molecule has 146 valence electrons. The van der Waals surface area contributed by atoms with Crippen LogP contribution in [0, 0.1) is 11.3 Å². The van der Waals surface area contributed by atoms with Crippen LogP contribution in [0.2, 0.25) is 0 Å². The number of piperazine rings is 1. The van der Waals surface area contributed by atoms with Crippen LogP contribution in [0.1, 0.15) is 21.5 Å². The van der Waals surface area contributed by atoms with Crippen LogP contribution in [-0.4, -0.2) is 46.6 Å². The molecule has 2 aromatic heterocycles. The van der Waals surface area contributed by atoms with Gasteiger partial charge in [0.05, 0.1) is 17.1 Å². The molecule has 7 heteroatoms. The van der Waals surface area contributed by atoms with Crippen LogP contribution >= 0.6 is 0 Å². The molecule has 0 radical (unpaired) electrons. The summed E-state index contributed by atoms with van der Waals surface area (Å²) in [7, 11) is 0. The molecule has 4 rings (SSSR count). The summed E-state index contributed by atoms with van der Waals surface area (Å²) in [4.78, 5) is 28.4. The number of aromatic carboxylic acids is 1. The first-order chi connectivity index (χ1) is 14.1. The summed E-state index contributed by atoms with van der Waals surface area (Å²) in [5.74, 6) is -1.21. The van der Waals surface area contributed by atoms with Crippen molar-refractivity contribution in [2.75, 3.05) is 31.1 Å². The lowest BCUT2D eigenvalue weighted by Gasteiger charge is -2.36. The Kier molecular flexibility index (Phi) is 5.02. The molecule has 0 amide bonds. The van der Waals surface area contributed by atoms with Gasteiger partial charge in [0.1, 0.15) is 5.56 Å². The average molecular weight is 388 g/mol. The lowest BCUT2D eigenvalue weighted by atomic mass is 10.1. The van der Waals surface area contributed by atoms with Crippen molar-refractivity contribution in [1.82, 2.24) is 9.30 Å². The van der Waals surface area contributed by atoms with E-state index in [1.54, 1.807) is 12.3 Å². The van der Waals surface area contributed by atoms with E-state index in [0.29, 0.717) is 12.1 Å². The first-order valence-electron chi connectivity index (χ1n) is 9.41. The smallest absolute Gasteiger partial charge is 0.341 e. The number of rotatable bonds is 4. The topological polar surface area (TPSA) is 89.1 Å². The van der Waals surface area contributed by atoms with Crippen molar-refractivity contribution in [1.29, 1.82) is 5.26 Å². The molecule has 0 spiro atoms. The van der Waals surface area contributed by atoms with E-state index < -0.39 is 11.5 Å². The maximum atomic E-state index is 12.4. The number of hydrogen-bond donors (Lipinski definition) is 1. The molecule has 29 heavy (non-hydrogen) atoms. The van der Waals surface area contributed by atoms with E-state index in [9.17, 15) is 14.7 Å². The van der Waals surface area contributed by atoms with Crippen molar-refractivity contribution in [3.63, 3.8) is 0 Å². The van der Waals surface area contributed by atoms with Gasteiger partial charge in [-0.3, -0.25) is 14.1 Å². The van der Waals surface area contributed by atoms with Gasteiger partial charge in [0.15, 0.2) is 0 Å². The molecule has 1 fully saturated rings. The number of pyridine rings is 2. The fourth-order valence-electron chi connectivity index (χ4n) is 3.75. The van der Waals surface area contributed by atoms with Crippen LogP contribution < -0.4 is 10.5 Å². The second-order valence-corrected chi connectivity index (χ2v) is 7.07. The predicted octanol–water partition coefficient (Wildman–Crippen LogP) is 2.19. The van der Waals surface area contributed by atoms with Crippen molar-refractivity contribution >= 4 is 17.2 Å². The molecule has 0 atom stereocenters. The van der Waals surface area contributed by atoms with Crippen LogP contribution in [0.3, 0.4) is 0 Å². The monoisotopic (exact) mass is 388 g/mol. The Bertz CT molecular complexity index is 1150. The van der Waals surface area contributed by atoms with Gasteiger partial charge in [-0.2, -0.15) is 5.26 Å². The highest BCUT2D eigenvalue weighted by molar-refractivity contribution is 5.88. The molecule has 1 aliphatic rings. The van der Waals surface area contributed by atoms with E-state index >= 15 is 0 Å². The summed E-state index contributed by atoms with van der Waals surface area (Å²) in [5, 5.41) is 18.3. The lowest BCUT2D eigenvalue weighted by molar-refractivity contribution is 0.0694. The molecule has 7 nitrogen and oxygen atoms in total. The number of nitriles is 1. The minimum absolute atomic E-state index is 0.208. The molecule has 3 aromatic rings. The maximum Gasteiger partial charge on any atom is 0.341 e. The molecule has 1 saturated heterocycles. The fraction of sp³-hybridized carbons (Fsp3) is 0.227. The van der Waals surface area contributed by atoms with Gasteiger partial charge >= 0.3 is 5.97 Å². The Morgan fingerprint density at radius 1 is 1.07 bits per heavy atom. The van der Waals surface area contributed by atoms with Gasteiger partial charge in [0.25, 0.3) is 5.56 Å². The minimum Gasteiger partial charge on any atom is -0.477 e. The zero-order valence-corrected chi connectivity index (χ0v) is 15.8. The number of anilines is 1. The highest BCUT2D eigenvalue weighted by atomic mass is 16.4. The van der Waals surface area contributed by atoms with Crippen LogP contribution in [0.5, 0.6) is 0 Å². The molecular formula is C22H20N4O3. The second kappa shape index (κ2) is 7.78. The number of nitrogens with zero attached hydrogens (tertiary/aromatic N) is 4. The number of carboxylic acid groups (broad SMARTS) is 1. The third kappa shape index (κ3) is 3.71. The Morgan fingerprint density at radius 2 is 1.79 bits per heavy atom. The zero-order valence-electron chi connectivity index (χ0n) is 15.8. The van der Waals surface area contributed by atoms with Crippen molar-refractivity contribution in [2.45, 2.75) is 6.54 Å². The largest absolute Gasteiger partial charge is 0.477 e. The number of carbonyl (C=O) groups is 1. The van der Waals surface area contributed by atoms with Crippen molar-refractivity contribution in [3.05, 3.63) is 81.8 Å². The summed E-state index contributed by atoms with van der Waals surface area (Å²) in [6.45, 7) is 3.89. The number of hydrogen-bond acceptors (Lipinski definition) is 5. The summed E-state index contributed by atoms with van der Waals surface area (Å²) < 4.78 is 1.41. The number of benzene rings is 1. The Morgan fingerprint density at radius 3 is 2.45 bits per heavy atom. The van der Waals surface area contributed by atoms with Gasteiger partial charge in [0, 0.05) is 44.6 Å². The predicted molar refractivity (Wildman–Crippen MR) is 109 cm³/mol. The van der Waals surface area contributed by atoms with E-state index in [-0.39, 0.29) is 5.56 Å². The van der Waals surface area contributed by atoms with E-state index in [1.165, 1.54) is 10.5 Å². The fourth-order valence-corrected chi connectivity index (χ4v) is 3.75. The van der Waals surface area contributed by atoms with Crippen LogP contribution in [0.25, 0.3) is 5.52 Å². The van der Waals surface area contributed by atoms with Crippen molar-refractivity contribution in [3.8, 4) is 6.07 Å². The molecule has 0 aliphatic carbocycles. The minimum atomic E-state index is -1.21. The third-order valence-corrected chi connectivity index (χ3v) is 5.31. The van der Waals surface area contributed by atoms with Gasteiger partial charge in [-0.05, 0) is 48.0 Å². The SMILES string of the molecule is N#Cc1ccc(N2CCN(Cc3cc(C(=O)O)c(=O)n4ccccc34)CC2)cc1. The Labute approximate surface area is 167 Å². The quantitative estimate of drug-likeness (QED) is 0.737. The summed E-state index contributed by atoms with van der Waals surface area (Å²) in [5.41, 5.74) is 2.58. The Hall–Kier alpha value is -3.63. The highest BCUT2D eigenvalue weighted by Gasteiger charge is 2.20. The summed E-state index contributed by atoms with van der Waals surface area (Å²) >= 11 is 0. The molecule has 1 N–H and O–H groups in total. The van der Waals surface area contributed by atoms with Crippen LogP contribution in [0.15, 0.2) is 59.5 Å². The van der Waals surface area contributed by atoms with Crippen molar-refractivity contribution in [2.24, 2.45) is 0 Å². The summed E-state index contributed by atoms with van der Waals surface area (Å²) in [6, 6.07) is 16.6. The van der Waals surface area contributed by atoms with Crippen LogP contribution in [0.4, 0.5) is 5.69 Å². The van der Waals surface area contributed by atoms with Gasteiger partial charge < -0.3 is 10.0 Å². The lowest BCUT2D eigenvalue weighted by Crippen LogP contribution is -2.46. The highest BCUT2D eigenvalue weighted by Crippen LogP contribution is 2.19. The van der Waals surface area contributed by atoms with E-state index in [4.69, 9.17) is 5.26 Å². The van der Waals surface area contributed by atoms with Gasteiger partial charge in [-0.15, -0.1) is 0 Å². The third-order valence-electron chi connectivity index (χ3n) is 5.31. The second-order valence-electron chi connectivity index (χ2n) is 7.07. The Balaban J connectivity index is 1.53. The summed E-state index contributed by atoms with van der Waals surface area (Å²) in [6.07, 6.45) is 1.61. The molecular weight excluding hydrogens is 368 g/mol. The number of aromatic nitrogens is 1. The first kappa shape index (κ1) is 18.7. The van der Waals surface area contributed by atoms with Crippen LogP contribution in [-0.2, 0) is 6.54 Å². The zero-order chi connectivity index (χ0) is 20.4. The molecule has 0 bridgehead atoms. The normalized spacial score (nSPS) is 14.7. The molecule has 0 saturated carbocycles. The van der Waals surface area contributed by atoms with Gasteiger partial charge in [0.2, 0.25) is 0 Å². The van der Waals surface area contributed by atoms with E-state index in [2.05, 4.69) is 15.9 Å². The van der Waals surface area contributed by atoms with Crippen molar-refractivity contribution < 1.29 is 9.90 Å². The first-order valence-corrected chi connectivity index (χ1v) is 9.41. The average Bonchev–Trinajstić information content (AvgIpc) is 2.76. The molecule has 0 unspecified atom stereocenters. The number of carboxylic acids is 1. The van der Waals surface area contributed by atoms with E-state index in [0.717, 1.165) is 42.9 Å². The molecule has 1 aromatic carbocycles. The molecule has 3 heterocycles.